The fourth-order valence-corrected chi connectivity index (χ4v) is 3.69. The average molecular weight is 512 g/mol. The van der Waals surface area contributed by atoms with Crippen LogP contribution in [0, 0.1) is 18.6 Å². The topological polar surface area (TPSA) is 126 Å². The van der Waals surface area contributed by atoms with Crippen LogP contribution >= 0.6 is 0 Å². The molecule has 194 valence electrons. The van der Waals surface area contributed by atoms with Crippen molar-refractivity contribution in [3.63, 3.8) is 0 Å². The summed E-state index contributed by atoms with van der Waals surface area (Å²) in [5.41, 5.74) is 5.56. The predicted octanol–water partition coefficient (Wildman–Crippen LogP) is 2.09. The number of halogens is 4. The number of benzene rings is 2. The SMILES string of the molecule is CO/N=C(\N)c1cc(F)c(CNC(=O)C2CCN2C(=O)C(O)c2cc(C)cc(OC(F)F)c2)c(F)c1. The highest BCUT2D eigenvalue weighted by Gasteiger charge is 2.40. The number of carbonyl (C=O) groups excluding carboxylic acids is 2. The third-order valence-corrected chi connectivity index (χ3v) is 5.52. The number of aryl methyl sites for hydroxylation is 1. The van der Waals surface area contributed by atoms with E-state index in [0.717, 1.165) is 23.1 Å². The number of oxime groups is 1. The van der Waals surface area contributed by atoms with E-state index in [4.69, 9.17) is 5.73 Å². The number of nitrogens with zero attached hydrogens (tertiary/aromatic N) is 2. The molecule has 2 unspecified atom stereocenters. The zero-order valence-electron chi connectivity index (χ0n) is 19.3. The first-order valence-electron chi connectivity index (χ1n) is 10.7. The molecule has 2 atom stereocenters. The first-order chi connectivity index (χ1) is 17.0. The molecule has 1 aliphatic rings. The predicted molar refractivity (Wildman–Crippen MR) is 119 cm³/mol. The first kappa shape index (κ1) is 26.7. The Kier molecular flexibility index (Phi) is 8.35. The van der Waals surface area contributed by atoms with Gasteiger partial charge in [0.2, 0.25) is 5.91 Å². The summed E-state index contributed by atoms with van der Waals surface area (Å²) in [6.45, 7) is -1.87. The Labute approximate surface area is 203 Å². The van der Waals surface area contributed by atoms with E-state index in [2.05, 4.69) is 20.0 Å². The molecule has 9 nitrogen and oxygen atoms in total. The van der Waals surface area contributed by atoms with Crippen LogP contribution in [0.3, 0.4) is 0 Å². The quantitative estimate of drug-likeness (QED) is 0.205. The van der Waals surface area contributed by atoms with Gasteiger partial charge in [0, 0.05) is 24.2 Å². The van der Waals surface area contributed by atoms with Crippen LogP contribution in [0.4, 0.5) is 17.6 Å². The maximum Gasteiger partial charge on any atom is 0.387 e. The number of nitrogens with one attached hydrogen (secondary N) is 1. The van der Waals surface area contributed by atoms with Gasteiger partial charge in [-0.25, -0.2) is 8.78 Å². The molecule has 13 heteroatoms. The minimum Gasteiger partial charge on any atom is -0.435 e. The van der Waals surface area contributed by atoms with Gasteiger partial charge in [-0.3, -0.25) is 9.59 Å². The summed E-state index contributed by atoms with van der Waals surface area (Å²) in [6.07, 6.45) is -1.48. The zero-order chi connectivity index (χ0) is 26.6. The molecule has 0 saturated carbocycles. The normalized spacial score (nSPS) is 16.4. The Morgan fingerprint density at radius 2 is 1.89 bits per heavy atom. The second kappa shape index (κ2) is 11.2. The Morgan fingerprint density at radius 1 is 1.22 bits per heavy atom. The van der Waals surface area contributed by atoms with Gasteiger partial charge in [-0.2, -0.15) is 8.78 Å². The van der Waals surface area contributed by atoms with E-state index in [1.54, 1.807) is 6.92 Å². The van der Waals surface area contributed by atoms with Crippen LogP contribution in [0.1, 0.15) is 34.8 Å². The lowest BCUT2D eigenvalue weighted by molar-refractivity contribution is -0.154. The maximum atomic E-state index is 14.4. The highest BCUT2D eigenvalue weighted by atomic mass is 19.3. The monoisotopic (exact) mass is 512 g/mol. The van der Waals surface area contributed by atoms with E-state index < -0.39 is 54.3 Å². The number of rotatable bonds is 9. The molecule has 1 aliphatic heterocycles. The molecule has 2 amide bonds. The molecule has 3 rings (SSSR count). The van der Waals surface area contributed by atoms with Crippen LogP contribution in [-0.4, -0.2) is 54.0 Å². The van der Waals surface area contributed by atoms with E-state index in [1.165, 1.54) is 19.2 Å². The van der Waals surface area contributed by atoms with Crippen LogP contribution in [0.2, 0.25) is 0 Å². The molecule has 0 bridgehead atoms. The third kappa shape index (κ3) is 6.03. The molecule has 36 heavy (non-hydrogen) atoms. The Hall–Kier alpha value is -3.87. The number of likely N-dealkylation sites (tertiary alicyclic amines) is 1. The Bertz CT molecular complexity index is 1150. The molecule has 4 N–H and O–H groups in total. The smallest absolute Gasteiger partial charge is 0.387 e. The summed E-state index contributed by atoms with van der Waals surface area (Å²) in [6, 6.07) is 4.74. The molecule has 0 radical (unpaired) electrons. The van der Waals surface area contributed by atoms with Crippen LogP contribution in [0.15, 0.2) is 35.5 Å². The average Bonchev–Trinajstić information content (AvgIpc) is 2.76. The number of carbonyl (C=O) groups is 2. The number of hydrogen-bond donors (Lipinski definition) is 3. The van der Waals surface area contributed by atoms with Gasteiger partial charge >= 0.3 is 6.61 Å². The second-order valence-electron chi connectivity index (χ2n) is 7.99. The van der Waals surface area contributed by atoms with Crippen molar-refractivity contribution in [3.8, 4) is 5.75 Å². The van der Waals surface area contributed by atoms with Crippen LogP contribution in [-0.2, 0) is 21.0 Å². The van der Waals surface area contributed by atoms with Crippen molar-refractivity contribution in [2.75, 3.05) is 13.7 Å². The Balaban J connectivity index is 1.66. The van der Waals surface area contributed by atoms with E-state index >= 15 is 0 Å². The van der Waals surface area contributed by atoms with Gasteiger partial charge in [-0.1, -0.05) is 11.2 Å². The molecule has 2 aromatic carbocycles. The molecule has 2 aromatic rings. The lowest BCUT2D eigenvalue weighted by Crippen LogP contribution is -2.59. The number of aliphatic hydroxyl groups excluding tert-OH is 1. The van der Waals surface area contributed by atoms with Crippen molar-refractivity contribution in [2.24, 2.45) is 10.9 Å². The van der Waals surface area contributed by atoms with E-state index in [1.807, 2.05) is 0 Å². The van der Waals surface area contributed by atoms with Gasteiger partial charge in [-0.05, 0) is 48.7 Å². The van der Waals surface area contributed by atoms with Crippen molar-refractivity contribution < 1.29 is 41.8 Å². The molecular weight excluding hydrogens is 488 g/mol. The highest BCUT2D eigenvalue weighted by Crippen LogP contribution is 2.28. The van der Waals surface area contributed by atoms with Crippen LogP contribution < -0.4 is 15.8 Å². The summed E-state index contributed by atoms with van der Waals surface area (Å²) in [5, 5.41) is 16.3. The van der Waals surface area contributed by atoms with Crippen molar-refractivity contribution in [1.29, 1.82) is 0 Å². The Morgan fingerprint density at radius 3 is 2.44 bits per heavy atom. The summed E-state index contributed by atoms with van der Waals surface area (Å²) in [5.74, 6) is -3.93. The number of nitrogens with two attached hydrogens (primary N) is 1. The number of alkyl halides is 2. The van der Waals surface area contributed by atoms with Gasteiger partial charge in [0.25, 0.3) is 5.91 Å². The van der Waals surface area contributed by atoms with Gasteiger partial charge in [0.1, 0.15) is 30.5 Å². The number of amidine groups is 1. The largest absolute Gasteiger partial charge is 0.435 e. The van der Waals surface area contributed by atoms with Gasteiger partial charge < -0.3 is 30.6 Å². The summed E-state index contributed by atoms with van der Waals surface area (Å²) in [7, 11) is 1.22. The van der Waals surface area contributed by atoms with E-state index in [-0.39, 0.29) is 35.7 Å². The lowest BCUT2D eigenvalue weighted by Gasteiger charge is -2.40. The van der Waals surface area contributed by atoms with Gasteiger partial charge in [0.05, 0.1) is 0 Å². The number of ether oxygens (including phenoxy) is 1. The van der Waals surface area contributed by atoms with Crippen LogP contribution in [0.5, 0.6) is 5.75 Å². The second-order valence-corrected chi connectivity index (χ2v) is 7.99. The van der Waals surface area contributed by atoms with E-state index in [0.29, 0.717) is 5.56 Å². The summed E-state index contributed by atoms with van der Waals surface area (Å²) in [4.78, 5) is 30.9. The molecule has 1 heterocycles. The number of amides is 2. The van der Waals surface area contributed by atoms with Crippen molar-refractivity contribution >= 4 is 17.6 Å². The minimum absolute atomic E-state index is 0.0159. The highest BCUT2D eigenvalue weighted by molar-refractivity contribution is 5.97. The number of aliphatic hydroxyl groups is 1. The minimum atomic E-state index is -3.09. The van der Waals surface area contributed by atoms with Crippen molar-refractivity contribution in [2.45, 2.75) is 38.6 Å². The van der Waals surface area contributed by atoms with Crippen molar-refractivity contribution in [3.05, 3.63) is 64.2 Å². The maximum absolute atomic E-state index is 14.4. The summed E-state index contributed by atoms with van der Waals surface area (Å²) < 4.78 is 58.2. The van der Waals surface area contributed by atoms with E-state index in [9.17, 15) is 32.3 Å². The standard InChI is InChI=1S/C23H24F4N4O5/c1-11-5-12(7-14(6-11)36-23(26)27)19(32)22(34)31-4-3-18(31)21(33)29-10-15-16(24)8-13(9-17(15)25)20(28)30-35-2/h5-9,18-19,23,32H,3-4,10H2,1-2H3,(H2,28,30)(H,29,33). The molecule has 1 fully saturated rings. The fourth-order valence-electron chi connectivity index (χ4n) is 3.69. The molecular formula is C23H24F4N4O5. The van der Waals surface area contributed by atoms with Gasteiger partial charge in [0.15, 0.2) is 11.9 Å². The number of hydrogen-bond acceptors (Lipinski definition) is 6. The van der Waals surface area contributed by atoms with Gasteiger partial charge in [-0.15, -0.1) is 0 Å². The molecule has 0 aromatic heterocycles. The first-order valence-corrected chi connectivity index (χ1v) is 10.7. The molecule has 1 saturated heterocycles. The molecule has 0 aliphatic carbocycles. The zero-order valence-corrected chi connectivity index (χ0v) is 19.3. The van der Waals surface area contributed by atoms with Crippen LogP contribution in [0.25, 0.3) is 0 Å². The summed E-state index contributed by atoms with van der Waals surface area (Å²) >= 11 is 0. The molecule has 0 spiro atoms. The third-order valence-electron chi connectivity index (χ3n) is 5.52. The fraction of sp³-hybridized carbons (Fsp3) is 0.348. The lowest BCUT2D eigenvalue weighted by atomic mass is 9.98. The van der Waals surface area contributed by atoms with Crippen molar-refractivity contribution in [1.82, 2.24) is 10.2 Å².